The maximum Gasteiger partial charge on any atom is 0.407 e. The van der Waals surface area contributed by atoms with E-state index in [1.165, 1.54) is 4.90 Å². The van der Waals surface area contributed by atoms with Crippen LogP contribution in [0.15, 0.2) is 35.2 Å². The van der Waals surface area contributed by atoms with Gasteiger partial charge in [-0.25, -0.2) is 9.78 Å². The van der Waals surface area contributed by atoms with Crippen molar-refractivity contribution < 1.29 is 27.2 Å². The fraction of sp³-hybridized carbons (Fsp3) is 0.452. The van der Waals surface area contributed by atoms with Crippen molar-refractivity contribution in [1.82, 2.24) is 14.9 Å². The number of hydrogen-bond donors (Lipinski definition) is 1. The summed E-state index contributed by atoms with van der Waals surface area (Å²) in [5, 5.41) is 9.76. The van der Waals surface area contributed by atoms with Crippen LogP contribution in [0, 0.1) is 6.92 Å². The van der Waals surface area contributed by atoms with Crippen molar-refractivity contribution in [1.29, 1.82) is 0 Å². The SMILES string of the molecule is COc1cc2nc(C)nc(OS(=O)(=O)c3c(C(C)C)cc(C(C)C)cc3C(C)C)c2cc1C1=CCN(C(=O)O)CC1. The molecule has 0 aliphatic carbocycles. The summed E-state index contributed by atoms with van der Waals surface area (Å²) in [5.41, 5.74) is 4.60. The summed E-state index contributed by atoms with van der Waals surface area (Å²) in [6.45, 7) is 14.4. The van der Waals surface area contributed by atoms with Crippen molar-refractivity contribution in [3.63, 3.8) is 0 Å². The number of benzene rings is 2. The zero-order valence-electron chi connectivity index (χ0n) is 25.0. The highest BCUT2D eigenvalue weighted by atomic mass is 32.2. The summed E-state index contributed by atoms with van der Waals surface area (Å²) in [5.74, 6) is 0.979. The van der Waals surface area contributed by atoms with Crippen molar-refractivity contribution in [2.75, 3.05) is 20.2 Å². The van der Waals surface area contributed by atoms with Gasteiger partial charge in [0.1, 0.15) is 16.5 Å². The number of fused-ring (bicyclic) bond motifs is 1. The maximum atomic E-state index is 14.1. The zero-order valence-corrected chi connectivity index (χ0v) is 25.8. The van der Waals surface area contributed by atoms with Crippen LogP contribution in [0.1, 0.15) is 93.8 Å². The average molecular weight is 582 g/mol. The van der Waals surface area contributed by atoms with Crippen LogP contribution < -0.4 is 8.92 Å². The Kier molecular flexibility index (Phi) is 8.63. The number of nitrogens with zero attached hydrogens (tertiary/aromatic N) is 3. The Morgan fingerprint density at radius 2 is 1.61 bits per heavy atom. The van der Waals surface area contributed by atoms with Gasteiger partial charge in [0.15, 0.2) is 0 Å². The quantitative estimate of drug-likeness (QED) is 0.287. The molecule has 220 valence electrons. The normalized spacial score (nSPS) is 14.2. The summed E-state index contributed by atoms with van der Waals surface area (Å²) in [4.78, 5) is 21.8. The third-order valence-electron chi connectivity index (χ3n) is 7.44. The Morgan fingerprint density at radius 1 is 0.976 bits per heavy atom. The van der Waals surface area contributed by atoms with Crippen LogP contribution in [-0.2, 0) is 10.1 Å². The Morgan fingerprint density at radius 3 is 2.10 bits per heavy atom. The number of aryl methyl sites for hydroxylation is 1. The lowest BCUT2D eigenvalue weighted by Gasteiger charge is -2.25. The molecule has 1 aromatic heterocycles. The van der Waals surface area contributed by atoms with Gasteiger partial charge >= 0.3 is 16.2 Å². The fourth-order valence-corrected chi connectivity index (χ4v) is 6.72. The first-order valence-corrected chi connectivity index (χ1v) is 15.3. The van der Waals surface area contributed by atoms with E-state index < -0.39 is 16.2 Å². The molecule has 1 aliphatic rings. The molecular weight excluding hydrogens is 542 g/mol. The monoisotopic (exact) mass is 581 g/mol. The van der Waals surface area contributed by atoms with Crippen LogP contribution in [-0.4, -0.2) is 54.7 Å². The molecule has 0 bridgehead atoms. The number of aromatic nitrogens is 2. The summed E-state index contributed by atoms with van der Waals surface area (Å²) >= 11 is 0. The number of rotatable bonds is 8. The molecule has 0 atom stereocenters. The third kappa shape index (κ3) is 6.17. The van der Waals surface area contributed by atoms with Gasteiger partial charge in [-0.3, -0.25) is 0 Å². The second kappa shape index (κ2) is 11.7. The molecule has 4 rings (SSSR count). The molecule has 0 saturated heterocycles. The minimum Gasteiger partial charge on any atom is -0.496 e. The fourth-order valence-electron chi connectivity index (χ4n) is 5.13. The standard InChI is InChI=1S/C31H39N3O6S/c1-17(2)22-13-23(18(3)4)29(24(14-22)19(5)6)41(37,38)40-30-26-15-25(21-9-11-34(12-10-21)31(35)36)28(39-8)16-27(26)32-20(7)33-30/h9,13-19H,10-12H2,1-8H3,(H,35,36). The van der Waals surface area contributed by atoms with E-state index in [9.17, 15) is 18.3 Å². The predicted molar refractivity (Wildman–Crippen MR) is 160 cm³/mol. The summed E-state index contributed by atoms with van der Waals surface area (Å²) in [6, 6.07) is 7.45. The first-order chi connectivity index (χ1) is 19.2. The summed E-state index contributed by atoms with van der Waals surface area (Å²) in [7, 11) is -2.74. The number of amides is 1. The smallest absolute Gasteiger partial charge is 0.407 e. The molecule has 41 heavy (non-hydrogen) atoms. The van der Waals surface area contributed by atoms with Crippen molar-refractivity contribution in [2.45, 2.75) is 77.5 Å². The average Bonchev–Trinajstić information content (AvgIpc) is 2.91. The molecule has 0 fully saturated rings. The van der Waals surface area contributed by atoms with Crippen LogP contribution in [0.25, 0.3) is 16.5 Å². The summed E-state index contributed by atoms with van der Waals surface area (Å²) in [6.07, 6.45) is 1.35. The lowest BCUT2D eigenvalue weighted by Crippen LogP contribution is -2.33. The Bertz CT molecular complexity index is 1600. The lowest BCUT2D eigenvalue weighted by molar-refractivity contribution is 0.150. The van der Waals surface area contributed by atoms with E-state index in [0.29, 0.717) is 52.1 Å². The van der Waals surface area contributed by atoms with Crippen LogP contribution in [0.5, 0.6) is 11.6 Å². The minimum atomic E-state index is -4.29. The molecule has 0 spiro atoms. The first-order valence-electron chi connectivity index (χ1n) is 13.9. The van der Waals surface area contributed by atoms with E-state index in [0.717, 1.165) is 11.1 Å². The lowest BCUT2D eigenvalue weighted by atomic mass is 9.89. The van der Waals surface area contributed by atoms with E-state index >= 15 is 0 Å². The number of ether oxygens (including phenoxy) is 1. The van der Waals surface area contributed by atoms with Crippen LogP contribution in [0.4, 0.5) is 4.79 Å². The van der Waals surface area contributed by atoms with Crippen molar-refractivity contribution in [3.8, 4) is 11.6 Å². The van der Waals surface area contributed by atoms with Gasteiger partial charge < -0.3 is 18.9 Å². The molecule has 3 aromatic rings. The highest BCUT2D eigenvalue weighted by Crippen LogP contribution is 2.39. The van der Waals surface area contributed by atoms with Crippen molar-refractivity contribution in [3.05, 3.63) is 58.4 Å². The summed E-state index contributed by atoms with van der Waals surface area (Å²) < 4.78 is 39.8. The van der Waals surface area contributed by atoms with E-state index in [4.69, 9.17) is 8.92 Å². The Labute approximate surface area is 242 Å². The Hall–Kier alpha value is -3.66. The highest BCUT2D eigenvalue weighted by Gasteiger charge is 2.30. The van der Waals surface area contributed by atoms with E-state index in [1.54, 1.807) is 26.2 Å². The topological polar surface area (TPSA) is 119 Å². The molecule has 9 nitrogen and oxygen atoms in total. The number of carboxylic acid groups (broad SMARTS) is 1. The molecule has 0 radical (unpaired) electrons. The van der Waals surface area contributed by atoms with Crippen LogP contribution in [0.3, 0.4) is 0 Å². The van der Waals surface area contributed by atoms with E-state index in [-0.39, 0.29) is 35.1 Å². The van der Waals surface area contributed by atoms with Crippen LogP contribution in [0.2, 0.25) is 0 Å². The van der Waals surface area contributed by atoms with Crippen molar-refractivity contribution in [2.24, 2.45) is 0 Å². The number of methoxy groups -OCH3 is 1. The van der Waals surface area contributed by atoms with Gasteiger partial charge in [-0.15, -0.1) is 0 Å². The predicted octanol–water partition coefficient (Wildman–Crippen LogP) is 6.85. The molecule has 2 aromatic carbocycles. The third-order valence-corrected chi connectivity index (χ3v) is 8.79. The minimum absolute atomic E-state index is 0.0528. The first kappa shape index (κ1) is 30.3. The van der Waals surface area contributed by atoms with Gasteiger partial charge in [-0.1, -0.05) is 59.8 Å². The maximum absolute atomic E-state index is 14.1. The van der Waals surface area contributed by atoms with Gasteiger partial charge in [-0.2, -0.15) is 13.4 Å². The Balaban J connectivity index is 1.89. The van der Waals surface area contributed by atoms with Gasteiger partial charge in [0.05, 0.1) is 18.0 Å². The van der Waals surface area contributed by atoms with Gasteiger partial charge in [0.2, 0.25) is 5.88 Å². The van der Waals surface area contributed by atoms with Crippen molar-refractivity contribution >= 4 is 32.7 Å². The highest BCUT2D eigenvalue weighted by molar-refractivity contribution is 7.87. The number of hydrogen-bond acceptors (Lipinski definition) is 7. The number of carbonyl (C=O) groups is 1. The molecule has 0 saturated carbocycles. The molecule has 10 heteroatoms. The zero-order chi connectivity index (χ0) is 30.2. The molecular formula is C31H39N3O6S. The van der Waals surface area contributed by atoms with Gasteiger partial charge in [0.25, 0.3) is 0 Å². The molecule has 0 unspecified atom stereocenters. The second-order valence-corrected chi connectivity index (χ2v) is 12.9. The molecule has 1 N–H and O–H groups in total. The van der Waals surface area contributed by atoms with E-state index in [2.05, 4.69) is 23.8 Å². The van der Waals surface area contributed by atoms with Gasteiger partial charge in [-0.05, 0) is 59.4 Å². The van der Waals surface area contributed by atoms with Crippen LogP contribution >= 0.6 is 0 Å². The van der Waals surface area contributed by atoms with E-state index in [1.807, 2.05) is 45.9 Å². The molecule has 1 aliphatic heterocycles. The molecule has 1 amide bonds. The largest absolute Gasteiger partial charge is 0.496 e. The van der Waals surface area contributed by atoms with Gasteiger partial charge in [0, 0.05) is 24.7 Å². The molecule has 2 heterocycles. The second-order valence-electron chi connectivity index (χ2n) is 11.4.